The van der Waals surface area contributed by atoms with E-state index >= 15 is 0 Å². The van der Waals surface area contributed by atoms with Crippen LogP contribution in [0.2, 0.25) is 0 Å². The van der Waals surface area contributed by atoms with Gasteiger partial charge < -0.3 is 5.32 Å². The summed E-state index contributed by atoms with van der Waals surface area (Å²) in [5.74, 6) is 0. The number of nitro groups is 1. The van der Waals surface area contributed by atoms with Crippen LogP contribution in [0.5, 0.6) is 0 Å². The van der Waals surface area contributed by atoms with Gasteiger partial charge in [0, 0.05) is 31.3 Å². The minimum absolute atomic E-state index is 0.178. The number of likely N-dealkylation sites (tertiary alicyclic amines) is 1. The molecule has 1 unspecified atom stereocenters. The summed E-state index contributed by atoms with van der Waals surface area (Å²) < 4.78 is 0. The van der Waals surface area contributed by atoms with Gasteiger partial charge in [-0.2, -0.15) is 0 Å². The molecule has 1 fully saturated rings. The zero-order chi connectivity index (χ0) is 13.0. The fourth-order valence-corrected chi connectivity index (χ4v) is 2.57. The molecule has 0 bridgehead atoms. The van der Waals surface area contributed by atoms with Gasteiger partial charge in [0.2, 0.25) is 0 Å². The van der Waals surface area contributed by atoms with E-state index in [9.17, 15) is 10.1 Å². The lowest BCUT2D eigenvalue weighted by Gasteiger charge is -2.24. The van der Waals surface area contributed by atoms with Crippen LogP contribution < -0.4 is 5.32 Å². The van der Waals surface area contributed by atoms with Gasteiger partial charge in [-0.05, 0) is 32.0 Å². The van der Waals surface area contributed by atoms with Crippen molar-refractivity contribution in [3.05, 3.63) is 39.9 Å². The SMILES string of the molecule is CNCC1CCCN1Cc1cccc([N+](=O)[O-])c1. The lowest BCUT2D eigenvalue weighted by molar-refractivity contribution is -0.384. The van der Waals surface area contributed by atoms with Crippen molar-refractivity contribution in [1.29, 1.82) is 0 Å². The van der Waals surface area contributed by atoms with Gasteiger partial charge in [0.1, 0.15) is 0 Å². The molecule has 0 amide bonds. The molecule has 0 aromatic heterocycles. The van der Waals surface area contributed by atoms with E-state index in [4.69, 9.17) is 0 Å². The van der Waals surface area contributed by atoms with E-state index in [-0.39, 0.29) is 10.6 Å². The lowest BCUT2D eigenvalue weighted by Crippen LogP contribution is -2.36. The Morgan fingerprint density at radius 3 is 3.11 bits per heavy atom. The highest BCUT2D eigenvalue weighted by Crippen LogP contribution is 2.21. The van der Waals surface area contributed by atoms with Crippen LogP contribution in [0.3, 0.4) is 0 Å². The Morgan fingerprint density at radius 2 is 2.39 bits per heavy atom. The molecule has 1 aliphatic heterocycles. The number of likely N-dealkylation sites (N-methyl/N-ethyl adjacent to an activating group) is 1. The maximum atomic E-state index is 10.7. The molecule has 0 radical (unpaired) electrons. The molecule has 1 aromatic rings. The molecule has 0 saturated carbocycles. The van der Waals surface area contributed by atoms with E-state index in [0.717, 1.165) is 25.2 Å². The summed E-state index contributed by atoms with van der Waals surface area (Å²) in [7, 11) is 1.96. The van der Waals surface area contributed by atoms with Crippen molar-refractivity contribution in [3.8, 4) is 0 Å². The van der Waals surface area contributed by atoms with Gasteiger partial charge in [-0.15, -0.1) is 0 Å². The summed E-state index contributed by atoms with van der Waals surface area (Å²) in [6.45, 7) is 2.86. The molecule has 1 saturated heterocycles. The normalized spacial score (nSPS) is 20.2. The smallest absolute Gasteiger partial charge is 0.269 e. The number of nitrogens with one attached hydrogen (secondary N) is 1. The van der Waals surface area contributed by atoms with E-state index < -0.39 is 0 Å². The van der Waals surface area contributed by atoms with E-state index in [1.54, 1.807) is 18.2 Å². The minimum atomic E-state index is -0.335. The second kappa shape index (κ2) is 5.93. The summed E-state index contributed by atoms with van der Waals surface area (Å²) in [5, 5.41) is 13.9. The van der Waals surface area contributed by atoms with Crippen molar-refractivity contribution >= 4 is 5.69 Å². The number of hydrogen-bond acceptors (Lipinski definition) is 4. The summed E-state index contributed by atoms with van der Waals surface area (Å²) in [5.41, 5.74) is 1.20. The Morgan fingerprint density at radius 1 is 1.56 bits per heavy atom. The zero-order valence-corrected chi connectivity index (χ0v) is 10.6. The molecule has 0 spiro atoms. The van der Waals surface area contributed by atoms with Crippen LogP contribution in [0.25, 0.3) is 0 Å². The molecule has 98 valence electrons. The molecular formula is C13H19N3O2. The zero-order valence-electron chi connectivity index (χ0n) is 10.6. The molecule has 1 aromatic carbocycles. The molecule has 1 aliphatic rings. The van der Waals surface area contributed by atoms with Crippen LogP contribution in [0.15, 0.2) is 24.3 Å². The summed E-state index contributed by atoms with van der Waals surface area (Å²) in [6.07, 6.45) is 2.41. The monoisotopic (exact) mass is 249 g/mol. The van der Waals surface area contributed by atoms with Crippen molar-refractivity contribution in [2.24, 2.45) is 0 Å². The predicted octanol–water partition coefficient (Wildman–Crippen LogP) is 1.78. The molecule has 0 aliphatic carbocycles. The predicted molar refractivity (Wildman–Crippen MR) is 70.5 cm³/mol. The first-order valence-electron chi connectivity index (χ1n) is 6.32. The standard InChI is InChI=1S/C13H19N3O2/c1-14-9-13-6-3-7-15(13)10-11-4-2-5-12(8-11)16(17)18/h2,4-5,8,13-14H,3,6-7,9-10H2,1H3. The number of nitro benzene ring substituents is 1. The van der Waals surface area contributed by atoms with Crippen molar-refractivity contribution in [2.75, 3.05) is 20.1 Å². The average molecular weight is 249 g/mol. The molecule has 2 rings (SSSR count). The molecule has 1 N–H and O–H groups in total. The molecule has 5 heteroatoms. The summed E-state index contributed by atoms with van der Waals surface area (Å²) in [6, 6.07) is 7.49. The first-order valence-corrected chi connectivity index (χ1v) is 6.32. The number of nitrogens with zero attached hydrogens (tertiary/aromatic N) is 2. The average Bonchev–Trinajstić information content (AvgIpc) is 2.77. The van der Waals surface area contributed by atoms with Crippen LogP contribution in [0, 0.1) is 10.1 Å². The molecule has 1 heterocycles. The highest BCUT2D eigenvalue weighted by atomic mass is 16.6. The quantitative estimate of drug-likeness (QED) is 0.638. The van der Waals surface area contributed by atoms with Crippen molar-refractivity contribution in [1.82, 2.24) is 10.2 Å². The van der Waals surface area contributed by atoms with Gasteiger partial charge >= 0.3 is 0 Å². The van der Waals surface area contributed by atoms with Crippen molar-refractivity contribution in [2.45, 2.75) is 25.4 Å². The van der Waals surface area contributed by atoms with E-state index in [2.05, 4.69) is 10.2 Å². The Hall–Kier alpha value is -1.46. The third kappa shape index (κ3) is 3.05. The topological polar surface area (TPSA) is 58.4 Å². The molecule has 1 atom stereocenters. The van der Waals surface area contributed by atoms with Crippen LogP contribution in [0.4, 0.5) is 5.69 Å². The third-order valence-corrected chi connectivity index (χ3v) is 3.45. The number of hydrogen-bond donors (Lipinski definition) is 1. The third-order valence-electron chi connectivity index (χ3n) is 3.45. The Bertz CT molecular complexity index is 422. The van der Waals surface area contributed by atoms with E-state index in [0.29, 0.717) is 6.04 Å². The first kappa shape index (κ1) is 13.0. The van der Waals surface area contributed by atoms with Crippen LogP contribution in [-0.2, 0) is 6.54 Å². The second-order valence-corrected chi connectivity index (χ2v) is 4.75. The van der Waals surface area contributed by atoms with Crippen LogP contribution in [0.1, 0.15) is 18.4 Å². The van der Waals surface area contributed by atoms with Crippen LogP contribution in [-0.4, -0.2) is 36.0 Å². The van der Waals surface area contributed by atoms with E-state index in [1.807, 2.05) is 13.1 Å². The summed E-state index contributed by atoms with van der Waals surface area (Å²) in [4.78, 5) is 12.8. The molecular weight excluding hydrogens is 230 g/mol. The fraction of sp³-hybridized carbons (Fsp3) is 0.538. The van der Waals surface area contributed by atoms with Gasteiger partial charge in [0.15, 0.2) is 0 Å². The van der Waals surface area contributed by atoms with Gasteiger partial charge in [-0.25, -0.2) is 0 Å². The van der Waals surface area contributed by atoms with Gasteiger partial charge in [0.05, 0.1) is 4.92 Å². The fourth-order valence-electron chi connectivity index (χ4n) is 2.57. The molecule has 18 heavy (non-hydrogen) atoms. The summed E-state index contributed by atoms with van der Waals surface area (Å²) >= 11 is 0. The minimum Gasteiger partial charge on any atom is -0.318 e. The largest absolute Gasteiger partial charge is 0.318 e. The number of rotatable bonds is 5. The number of benzene rings is 1. The van der Waals surface area contributed by atoms with Crippen molar-refractivity contribution in [3.63, 3.8) is 0 Å². The highest BCUT2D eigenvalue weighted by Gasteiger charge is 2.23. The maximum Gasteiger partial charge on any atom is 0.269 e. The Labute approximate surface area is 107 Å². The highest BCUT2D eigenvalue weighted by molar-refractivity contribution is 5.34. The number of non-ortho nitro benzene ring substituents is 1. The van der Waals surface area contributed by atoms with Crippen LogP contribution >= 0.6 is 0 Å². The maximum absolute atomic E-state index is 10.7. The van der Waals surface area contributed by atoms with Gasteiger partial charge in [-0.3, -0.25) is 15.0 Å². The lowest BCUT2D eigenvalue weighted by atomic mass is 10.1. The second-order valence-electron chi connectivity index (χ2n) is 4.75. The first-order chi connectivity index (χ1) is 8.70. The van der Waals surface area contributed by atoms with E-state index in [1.165, 1.54) is 12.8 Å². The van der Waals surface area contributed by atoms with Crippen molar-refractivity contribution < 1.29 is 4.92 Å². The Balaban J connectivity index is 2.04. The molecule has 5 nitrogen and oxygen atoms in total. The van der Waals surface area contributed by atoms with Gasteiger partial charge in [0.25, 0.3) is 5.69 Å². The van der Waals surface area contributed by atoms with Gasteiger partial charge in [-0.1, -0.05) is 12.1 Å². The Kier molecular flexibility index (Phi) is 4.28.